The Kier molecular flexibility index (Phi) is 45.0. The van der Waals surface area contributed by atoms with Gasteiger partial charge in [0.15, 0.2) is 6.29 Å². The molecule has 1 heterocycles. The predicted molar refractivity (Wildman–Crippen MR) is 277 cm³/mol. The number of carbonyl (C=O) groups excluding carboxylic acids is 1. The molecule has 9 nitrogen and oxygen atoms in total. The third-order valence-electron chi connectivity index (χ3n) is 13.8. The zero-order valence-corrected chi connectivity index (χ0v) is 43.2. The summed E-state index contributed by atoms with van der Waals surface area (Å²) in [6.07, 6.45) is 52.4. The van der Waals surface area contributed by atoms with Gasteiger partial charge in [-0.3, -0.25) is 4.79 Å². The van der Waals surface area contributed by atoms with Crippen LogP contribution in [0.25, 0.3) is 0 Å². The monoisotopic (exact) mass is 936 g/mol. The number of ether oxygens (including phenoxy) is 2. The molecule has 0 bridgehead atoms. The van der Waals surface area contributed by atoms with Crippen molar-refractivity contribution in [1.82, 2.24) is 5.32 Å². The number of hydrogen-bond acceptors (Lipinski definition) is 8. The maximum Gasteiger partial charge on any atom is 0.220 e. The Hall–Kier alpha value is -1.33. The van der Waals surface area contributed by atoms with Gasteiger partial charge in [-0.2, -0.15) is 0 Å². The van der Waals surface area contributed by atoms with Crippen molar-refractivity contribution in [2.24, 2.45) is 0 Å². The Bertz CT molecular complexity index is 1090. The SMILES string of the molecule is CCCCCCCCCC/C=C\CCCCCCCCCC(=O)NC(COC1OC(CO)C(O)C(O)C1O)C(O)/C=C/CCCCCCCCCCCCCCCCCCCCCCCC. The van der Waals surface area contributed by atoms with Crippen molar-refractivity contribution in [1.29, 1.82) is 0 Å². The van der Waals surface area contributed by atoms with Crippen LogP contribution in [-0.4, -0.2) is 87.5 Å². The first-order chi connectivity index (χ1) is 32.3. The minimum Gasteiger partial charge on any atom is -0.394 e. The van der Waals surface area contributed by atoms with E-state index in [-0.39, 0.29) is 12.5 Å². The van der Waals surface area contributed by atoms with E-state index in [2.05, 4.69) is 31.3 Å². The summed E-state index contributed by atoms with van der Waals surface area (Å²) in [7, 11) is 0. The van der Waals surface area contributed by atoms with Gasteiger partial charge in [-0.25, -0.2) is 0 Å². The summed E-state index contributed by atoms with van der Waals surface area (Å²) in [6, 6.07) is -0.806. The van der Waals surface area contributed by atoms with Crippen LogP contribution in [0.5, 0.6) is 0 Å². The molecule has 0 spiro atoms. The molecule has 0 aromatic heterocycles. The molecule has 0 saturated carbocycles. The second kappa shape index (κ2) is 47.4. The molecular formula is C57H109NO8. The summed E-state index contributed by atoms with van der Waals surface area (Å²) in [5.74, 6) is -0.178. The van der Waals surface area contributed by atoms with E-state index in [0.29, 0.717) is 6.42 Å². The highest BCUT2D eigenvalue weighted by Gasteiger charge is 2.44. The average molecular weight is 936 g/mol. The first-order valence-electron chi connectivity index (χ1n) is 28.6. The number of aliphatic hydroxyl groups is 5. The van der Waals surface area contributed by atoms with E-state index in [9.17, 15) is 30.3 Å². The second-order valence-electron chi connectivity index (χ2n) is 20.1. The molecule has 1 fully saturated rings. The molecule has 9 heteroatoms. The fourth-order valence-corrected chi connectivity index (χ4v) is 9.21. The van der Waals surface area contributed by atoms with E-state index in [1.165, 1.54) is 218 Å². The minimum atomic E-state index is -1.57. The fraction of sp³-hybridized carbons (Fsp3) is 0.912. The molecule has 66 heavy (non-hydrogen) atoms. The smallest absolute Gasteiger partial charge is 0.220 e. The van der Waals surface area contributed by atoms with Crippen LogP contribution >= 0.6 is 0 Å². The summed E-state index contributed by atoms with van der Waals surface area (Å²) in [4.78, 5) is 13.0. The van der Waals surface area contributed by atoms with Crippen molar-refractivity contribution in [3.63, 3.8) is 0 Å². The number of carbonyl (C=O) groups is 1. The van der Waals surface area contributed by atoms with Gasteiger partial charge < -0.3 is 40.3 Å². The first kappa shape index (κ1) is 62.7. The number of aliphatic hydroxyl groups excluding tert-OH is 5. The molecule has 1 aliphatic heterocycles. The van der Waals surface area contributed by atoms with Crippen molar-refractivity contribution >= 4 is 5.91 Å². The van der Waals surface area contributed by atoms with E-state index in [1.54, 1.807) is 6.08 Å². The number of allylic oxidation sites excluding steroid dienone is 3. The number of rotatable bonds is 49. The maximum atomic E-state index is 13.0. The number of amides is 1. The van der Waals surface area contributed by atoms with Crippen molar-refractivity contribution in [3.8, 4) is 0 Å². The third-order valence-corrected chi connectivity index (χ3v) is 13.8. The highest BCUT2D eigenvalue weighted by molar-refractivity contribution is 5.76. The Morgan fingerprint density at radius 2 is 0.848 bits per heavy atom. The van der Waals surface area contributed by atoms with Crippen molar-refractivity contribution < 1.29 is 39.8 Å². The molecule has 0 radical (unpaired) electrons. The van der Waals surface area contributed by atoms with Gasteiger partial charge in [-0.05, 0) is 44.9 Å². The molecule has 1 saturated heterocycles. The standard InChI is InChI=1S/C57H109NO8/c1-3-5-7-9-11-13-15-17-19-21-23-24-25-26-27-29-30-32-34-36-38-40-42-44-46-51(60)50(49-65-57-56(64)55(63)54(62)52(48-59)66-57)58-53(61)47-45-43-41-39-37-35-33-31-28-22-20-18-16-14-12-10-8-6-4-2/h22,28,44,46,50-52,54-57,59-60,62-64H,3-21,23-27,29-43,45,47-49H2,1-2H3,(H,58,61)/b28-22-,46-44+. The average Bonchev–Trinajstić information content (AvgIpc) is 3.32. The van der Waals surface area contributed by atoms with E-state index in [4.69, 9.17) is 9.47 Å². The highest BCUT2D eigenvalue weighted by Crippen LogP contribution is 2.23. The van der Waals surface area contributed by atoms with Crippen LogP contribution in [0.2, 0.25) is 0 Å². The summed E-state index contributed by atoms with van der Waals surface area (Å²) >= 11 is 0. The summed E-state index contributed by atoms with van der Waals surface area (Å²) in [5.41, 5.74) is 0. The third kappa shape index (κ3) is 36.6. The van der Waals surface area contributed by atoms with Crippen LogP contribution < -0.4 is 5.32 Å². The van der Waals surface area contributed by atoms with Crippen molar-refractivity contribution in [3.05, 3.63) is 24.3 Å². The number of unbranched alkanes of at least 4 members (excludes halogenated alkanes) is 37. The van der Waals surface area contributed by atoms with Gasteiger partial charge in [-0.15, -0.1) is 0 Å². The van der Waals surface area contributed by atoms with Crippen LogP contribution in [0.15, 0.2) is 24.3 Å². The van der Waals surface area contributed by atoms with Gasteiger partial charge in [0.1, 0.15) is 24.4 Å². The molecule has 6 N–H and O–H groups in total. The van der Waals surface area contributed by atoms with Gasteiger partial charge in [-0.1, -0.05) is 250 Å². The molecule has 390 valence electrons. The molecule has 7 unspecified atom stereocenters. The minimum absolute atomic E-state index is 0.178. The van der Waals surface area contributed by atoms with Crippen molar-refractivity contribution in [2.75, 3.05) is 13.2 Å². The first-order valence-corrected chi connectivity index (χ1v) is 28.6. The number of hydrogen-bond donors (Lipinski definition) is 6. The lowest BCUT2D eigenvalue weighted by Gasteiger charge is -2.40. The van der Waals surface area contributed by atoms with Crippen LogP contribution in [0.3, 0.4) is 0 Å². The highest BCUT2D eigenvalue weighted by atomic mass is 16.7. The molecule has 1 amide bonds. The van der Waals surface area contributed by atoms with Gasteiger partial charge in [0.2, 0.25) is 5.91 Å². The van der Waals surface area contributed by atoms with Crippen molar-refractivity contribution in [2.45, 2.75) is 320 Å². The molecule has 1 aliphatic rings. The Balaban J connectivity index is 2.24. The lowest BCUT2D eigenvalue weighted by Crippen LogP contribution is -2.60. The summed E-state index contributed by atoms with van der Waals surface area (Å²) in [5, 5.41) is 54.5. The molecule has 0 aromatic carbocycles. The van der Waals surface area contributed by atoms with E-state index in [0.717, 1.165) is 38.5 Å². The van der Waals surface area contributed by atoms with E-state index < -0.39 is 49.5 Å². The van der Waals surface area contributed by atoms with E-state index in [1.807, 2.05) is 6.08 Å². The molecule has 0 aliphatic carbocycles. The lowest BCUT2D eigenvalue weighted by molar-refractivity contribution is -0.302. The van der Waals surface area contributed by atoms with Gasteiger partial charge in [0, 0.05) is 6.42 Å². The van der Waals surface area contributed by atoms with Crippen LogP contribution in [-0.2, 0) is 14.3 Å². The topological polar surface area (TPSA) is 149 Å². The Labute approximate surface area is 407 Å². The Morgan fingerprint density at radius 1 is 0.500 bits per heavy atom. The van der Waals surface area contributed by atoms with E-state index >= 15 is 0 Å². The predicted octanol–water partition coefficient (Wildman–Crippen LogP) is 13.8. The summed E-state index contributed by atoms with van der Waals surface area (Å²) in [6.45, 7) is 3.81. The van der Waals surface area contributed by atoms with Gasteiger partial charge in [0.25, 0.3) is 0 Å². The van der Waals surface area contributed by atoms with Crippen LogP contribution in [0.4, 0.5) is 0 Å². The zero-order valence-electron chi connectivity index (χ0n) is 43.2. The molecule has 0 aromatic rings. The van der Waals surface area contributed by atoms with Gasteiger partial charge >= 0.3 is 0 Å². The summed E-state index contributed by atoms with van der Waals surface area (Å²) < 4.78 is 11.3. The zero-order chi connectivity index (χ0) is 48.0. The molecular weight excluding hydrogens is 827 g/mol. The van der Waals surface area contributed by atoms with Gasteiger partial charge in [0.05, 0.1) is 25.4 Å². The van der Waals surface area contributed by atoms with Crippen LogP contribution in [0, 0.1) is 0 Å². The number of nitrogens with one attached hydrogen (secondary N) is 1. The largest absolute Gasteiger partial charge is 0.394 e. The lowest BCUT2D eigenvalue weighted by atomic mass is 9.99. The molecule has 7 atom stereocenters. The maximum absolute atomic E-state index is 13.0. The quantitative estimate of drug-likeness (QED) is 0.0261. The fourth-order valence-electron chi connectivity index (χ4n) is 9.21. The molecule has 1 rings (SSSR count). The Morgan fingerprint density at radius 3 is 1.23 bits per heavy atom. The van der Waals surface area contributed by atoms with Crippen LogP contribution in [0.1, 0.15) is 277 Å². The normalized spacial score (nSPS) is 19.9. The second-order valence-corrected chi connectivity index (χ2v) is 20.1.